The van der Waals surface area contributed by atoms with E-state index in [2.05, 4.69) is 48.0 Å². The van der Waals surface area contributed by atoms with Crippen LogP contribution in [0, 0.1) is 0 Å². The Bertz CT molecular complexity index is 746. The van der Waals surface area contributed by atoms with E-state index in [4.69, 9.17) is 16.3 Å². The average Bonchev–Trinajstić information content (AvgIpc) is 2.81. The summed E-state index contributed by atoms with van der Waals surface area (Å²) in [5.74, 6) is 0.956. The molecule has 3 nitrogen and oxygen atoms in total. The summed E-state index contributed by atoms with van der Waals surface area (Å²) in [4.78, 5) is 7.19. The van der Waals surface area contributed by atoms with Crippen molar-refractivity contribution in [3.05, 3.63) is 58.4 Å². The molecule has 1 aromatic carbocycles. The van der Waals surface area contributed by atoms with Gasteiger partial charge in [0, 0.05) is 36.9 Å². The van der Waals surface area contributed by atoms with Crippen LogP contribution >= 0.6 is 11.6 Å². The minimum atomic E-state index is 0.200. The van der Waals surface area contributed by atoms with Crippen LogP contribution in [0.15, 0.2) is 36.5 Å². The van der Waals surface area contributed by atoms with Gasteiger partial charge in [-0.05, 0) is 56.0 Å². The normalized spacial score (nSPS) is 22.7. The van der Waals surface area contributed by atoms with E-state index >= 15 is 0 Å². The highest BCUT2D eigenvalue weighted by atomic mass is 35.5. The Morgan fingerprint density at radius 2 is 2.17 bits per heavy atom. The van der Waals surface area contributed by atoms with Gasteiger partial charge < -0.3 is 4.74 Å². The van der Waals surface area contributed by atoms with Gasteiger partial charge in [0.25, 0.3) is 0 Å². The number of benzene rings is 1. The van der Waals surface area contributed by atoms with E-state index in [1.165, 1.54) is 29.7 Å². The summed E-state index contributed by atoms with van der Waals surface area (Å²) in [5, 5.41) is 0.742. The molecule has 2 aliphatic rings. The summed E-state index contributed by atoms with van der Waals surface area (Å²) in [7, 11) is 0. The average molecular weight is 343 g/mol. The maximum Gasteiger partial charge on any atom is 0.120 e. The van der Waals surface area contributed by atoms with Crippen molar-refractivity contribution in [3.63, 3.8) is 0 Å². The number of aromatic nitrogens is 1. The van der Waals surface area contributed by atoms with Crippen LogP contribution < -0.4 is 4.74 Å². The second kappa shape index (κ2) is 6.38. The molecular formula is C20H23ClN2O. The van der Waals surface area contributed by atoms with Crippen molar-refractivity contribution in [1.29, 1.82) is 0 Å². The van der Waals surface area contributed by atoms with E-state index in [0.29, 0.717) is 12.1 Å². The zero-order valence-corrected chi connectivity index (χ0v) is 15.0. The Morgan fingerprint density at radius 1 is 1.29 bits per heavy atom. The Labute approximate surface area is 148 Å². The van der Waals surface area contributed by atoms with Crippen LogP contribution in [0.25, 0.3) is 0 Å². The molecule has 0 radical (unpaired) electrons. The molecule has 126 valence electrons. The molecule has 2 aromatic rings. The summed E-state index contributed by atoms with van der Waals surface area (Å²) < 4.78 is 5.84. The van der Waals surface area contributed by atoms with Crippen molar-refractivity contribution in [3.8, 4) is 5.75 Å². The number of pyridine rings is 1. The van der Waals surface area contributed by atoms with Gasteiger partial charge in [0.15, 0.2) is 0 Å². The SMILES string of the molecule is CC(C)Oc1cccc(CN2C3CCC2c2cc(Cl)cnc2C3)c1. The number of ether oxygens (including phenoxy) is 1. The Balaban J connectivity index is 1.58. The molecule has 2 atom stereocenters. The summed E-state index contributed by atoms with van der Waals surface area (Å²) >= 11 is 6.19. The van der Waals surface area contributed by atoms with E-state index in [1.54, 1.807) is 6.20 Å². The molecule has 3 heterocycles. The van der Waals surface area contributed by atoms with Crippen molar-refractivity contribution in [2.75, 3.05) is 0 Å². The monoisotopic (exact) mass is 342 g/mol. The minimum absolute atomic E-state index is 0.200. The molecule has 0 aliphatic carbocycles. The first-order chi connectivity index (χ1) is 11.6. The van der Waals surface area contributed by atoms with Crippen molar-refractivity contribution in [1.82, 2.24) is 9.88 Å². The van der Waals surface area contributed by atoms with Crippen LogP contribution in [0.4, 0.5) is 0 Å². The topological polar surface area (TPSA) is 25.4 Å². The van der Waals surface area contributed by atoms with E-state index in [1.807, 2.05) is 6.07 Å². The zero-order chi connectivity index (χ0) is 16.7. The first-order valence-electron chi connectivity index (χ1n) is 8.76. The predicted octanol–water partition coefficient (Wildman–Crippen LogP) is 4.78. The molecular weight excluding hydrogens is 320 g/mol. The van der Waals surface area contributed by atoms with Crippen molar-refractivity contribution >= 4 is 11.6 Å². The molecule has 24 heavy (non-hydrogen) atoms. The summed E-state index contributed by atoms with van der Waals surface area (Å²) in [5.41, 5.74) is 3.87. The molecule has 0 spiro atoms. The van der Waals surface area contributed by atoms with Crippen LogP contribution in [0.3, 0.4) is 0 Å². The maximum absolute atomic E-state index is 6.19. The van der Waals surface area contributed by atoms with Gasteiger partial charge in [-0.1, -0.05) is 23.7 Å². The smallest absolute Gasteiger partial charge is 0.120 e. The van der Waals surface area contributed by atoms with E-state index in [-0.39, 0.29) is 6.10 Å². The lowest BCUT2D eigenvalue weighted by Crippen LogP contribution is -2.37. The number of halogens is 1. The maximum atomic E-state index is 6.19. The van der Waals surface area contributed by atoms with Gasteiger partial charge in [-0.2, -0.15) is 0 Å². The van der Waals surface area contributed by atoms with Gasteiger partial charge in [-0.3, -0.25) is 9.88 Å². The Morgan fingerprint density at radius 3 is 3.00 bits per heavy atom. The second-order valence-electron chi connectivity index (χ2n) is 7.13. The molecule has 0 N–H and O–H groups in total. The predicted molar refractivity (Wildman–Crippen MR) is 96.5 cm³/mol. The molecule has 2 unspecified atom stereocenters. The largest absolute Gasteiger partial charge is 0.491 e. The van der Waals surface area contributed by atoms with Crippen LogP contribution in [-0.4, -0.2) is 22.0 Å². The molecule has 2 bridgehead atoms. The van der Waals surface area contributed by atoms with Crippen molar-refractivity contribution < 1.29 is 4.74 Å². The van der Waals surface area contributed by atoms with Gasteiger partial charge in [0.05, 0.1) is 11.1 Å². The second-order valence-corrected chi connectivity index (χ2v) is 7.56. The summed E-state index contributed by atoms with van der Waals surface area (Å²) in [6.45, 7) is 5.08. The molecule has 1 aromatic heterocycles. The zero-order valence-electron chi connectivity index (χ0n) is 14.2. The van der Waals surface area contributed by atoms with E-state index in [9.17, 15) is 0 Å². The first-order valence-corrected chi connectivity index (χ1v) is 9.13. The third-order valence-electron chi connectivity index (χ3n) is 5.04. The lowest BCUT2D eigenvalue weighted by atomic mass is 9.97. The first kappa shape index (κ1) is 15.9. The Kier molecular flexibility index (Phi) is 4.23. The number of hydrogen-bond acceptors (Lipinski definition) is 3. The van der Waals surface area contributed by atoms with Gasteiger partial charge >= 0.3 is 0 Å². The molecule has 1 saturated heterocycles. The number of nitrogens with zero attached hydrogens (tertiary/aromatic N) is 2. The van der Waals surface area contributed by atoms with Gasteiger partial charge in [0.2, 0.25) is 0 Å². The molecule has 4 rings (SSSR count). The molecule has 0 saturated carbocycles. The van der Waals surface area contributed by atoms with Crippen LogP contribution in [0.5, 0.6) is 5.75 Å². The molecule has 0 amide bonds. The fourth-order valence-corrected chi connectivity index (χ4v) is 4.26. The number of hydrogen-bond donors (Lipinski definition) is 0. The fourth-order valence-electron chi connectivity index (χ4n) is 4.09. The summed E-state index contributed by atoms with van der Waals surface area (Å²) in [6.07, 6.45) is 5.45. The van der Waals surface area contributed by atoms with E-state index < -0.39 is 0 Å². The van der Waals surface area contributed by atoms with Gasteiger partial charge in [-0.25, -0.2) is 0 Å². The van der Waals surface area contributed by atoms with Crippen LogP contribution in [-0.2, 0) is 13.0 Å². The van der Waals surface area contributed by atoms with E-state index in [0.717, 1.165) is 23.7 Å². The lowest BCUT2D eigenvalue weighted by Gasteiger charge is -2.36. The number of fused-ring (bicyclic) bond motifs is 4. The standard InChI is InChI=1S/C20H23ClN2O/c1-13(2)24-17-5-3-4-14(8-17)12-23-16-6-7-20(23)18-9-15(21)11-22-19(18)10-16/h3-5,8-9,11,13,16,20H,6-7,10,12H2,1-2H3. The van der Waals surface area contributed by atoms with Crippen LogP contribution in [0.1, 0.15) is 49.6 Å². The third kappa shape index (κ3) is 3.03. The third-order valence-corrected chi connectivity index (χ3v) is 5.24. The molecule has 2 aliphatic heterocycles. The van der Waals surface area contributed by atoms with Gasteiger partial charge in [-0.15, -0.1) is 0 Å². The lowest BCUT2D eigenvalue weighted by molar-refractivity contribution is 0.166. The quantitative estimate of drug-likeness (QED) is 0.799. The number of rotatable bonds is 4. The van der Waals surface area contributed by atoms with Crippen LogP contribution in [0.2, 0.25) is 5.02 Å². The molecule has 4 heteroatoms. The minimum Gasteiger partial charge on any atom is -0.491 e. The van der Waals surface area contributed by atoms with Crippen molar-refractivity contribution in [2.24, 2.45) is 0 Å². The highest BCUT2D eigenvalue weighted by Crippen LogP contribution is 2.44. The van der Waals surface area contributed by atoms with Crippen molar-refractivity contribution in [2.45, 2.75) is 57.8 Å². The van der Waals surface area contributed by atoms with Gasteiger partial charge in [0.1, 0.15) is 5.75 Å². The Hall–Kier alpha value is -1.58. The highest BCUT2D eigenvalue weighted by molar-refractivity contribution is 6.30. The summed E-state index contributed by atoms with van der Waals surface area (Å²) in [6, 6.07) is 11.6. The highest BCUT2D eigenvalue weighted by Gasteiger charge is 2.40. The molecule has 1 fully saturated rings. The fraction of sp³-hybridized carbons (Fsp3) is 0.450.